The number of anilines is 1. The predicted octanol–water partition coefficient (Wildman–Crippen LogP) is 1.05. The lowest BCUT2D eigenvalue weighted by Crippen LogP contribution is -2.53. The van der Waals surface area contributed by atoms with Gasteiger partial charge in [-0.2, -0.15) is 5.10 Å². The number of piperidine rings is 3. The standard InChI is InChI=1S/C14H21ClN4O2/c1-21-7-6-19-14(20)13(15)11(8-16-19)17-12-9-18-4-2-10(12)3-5-18/h8,10,12,17H,2-7,9H2,1H3. The number of nitrogens with one attached hydrogen (secondary N) is 1. The largest absolute Gasteiger partial charge is 0.383 e. The molecule has 0 radical (unpaired) electrons. The van der Waals surface area contributed by atoms with E-state index < -0.39 is 0 Å². The van der Waals surface area contributed by atoms with Crippen molar-refractivity contribution < 1.29 is 4.74 Å². The van der Waals surface area contributed by atoms with Crippen LogP contribution in [0.5, 0.6) is 0 Å². The van der Waals surface area contributed by atoms with Crippen LogP contribution in [0.15, 0.2) is 11.0 Å². The Morgan fingerprint density at radius 2 is 2.24 bits per heavy atom. The highest BCUT2D eigenvalue weighted by atomic mass is 35.5. The Balaban J connectivity index is 1.74. The average Bonchev–Trinajstić information content (AvgIpc) is 2.52. The van der Waals surface area contributed by atoms with E-state index in [9.17, 15) is 4.79 Å². The monoisotopic (exact) mass is 312 g/mol. The summed E-state index contributed by atoms with van der Waals surface area (Å²) in [6, 6.07) is 0.362. The Hall–Kier alpha value is -1.11. The maximum Gasteiger partial charge on any atom is 0.287 e. The van der Waals surface area contributed by atoms with Gasteiger partial charge >= 0.3 is 0 Å². The lowest BCUT2D eigenvalue weighted by Gasteiger charge is -2.45. The summed E-state index contributed by atoms with van der Waals surface area (Å²) < 4.78 is 6.30. The Morgan fingerprint density at radius 1 is 1.48 bits per heavy atom. The Morgan fingerprint density at radius 3 is 2.86 bits per heavy atom. The first-order valence-electron chi connectivity index (χ1n) is 7.42. The summed E-state index contributed by atoms with van der Waals surface area (Å²) in [7, 11) is 1.59. The van der Waals surface area contributed by atoms with Gasteiger partial charge < -0.3 is 15.0 Å². The first-order valence-corrected chi connectivity index (χ1v) is 7.80. The van der Waals surface area contributed by atoms with Crippen molar-refractivity contribution in [2.45, 2.75) is 25.4 Å². The van der Waals surface area contributed by atoms with Crippen LogP contribution in [0.1, 0.15) is 12.8 Å². The van der Waals surface area contributed by atoms with Gasteiger partial charge in [-0.25, -0.2) is 4.68 Å². The number of ether oxygens (including phenoxy) is 1. The van der Waals surface area contributed by atoms with Crippen molar-refractivity contribution in [3.05, 3.63) is 21.6 Å². The van der Waals surface area contributed by atoms with Crippen LogP contribution in [0.4, 0.5) is 5.69 Å². The van der Waals surface area contributed by atoms with Crippen molar-refractivity contribution in [3.63, 3.8) is 0 Å². The number of halogens is 1. The van der Waals surface area contributed by atoms with Crippen molar-refractivity contribution in [1.82, 2.24) is 14.7 Å². The van der Waals surface area contributed by atoms with Crippen molar-refractivity contribution >= 4 is 17.3 Å². The summed E-state index contributed by atoms with van der Waals surface area (Å²) in [6.45, 7) is 4.25. The summed E-state index contributed by atoms with van der Waals surface area (Å²) in [4.78, 5) is 14.6. The lowest BCUT2D eigenvalue weighted by molar-refractivity contribution is 0.0975. The zero-order valence-electron chi connectivity index (χ0n) is 12.2. The van der Waals surface area contributed by atoms with Gasteiger partial charge in [0.15, 0.2) is 0 Å². The first-order chi connectivity index (χ1) is 10.2. The number of hydrogen-bond donors (Lipinski definition) is 1. The van der Waals surface area contributed by atoms with Crippen LogP contribution >= 0.6 is 11.6 Å². The third-order valence-corrected chi connectivity index (χ3v) is 4.85. The summed E-state index contributed by atoms with van der Waals surface area (Å²) in [5, 5.41) is 7.81. The fourth-order valence-corrected chi connectivity index (χ4v) is 3.43. The molecule has 1 aromatic heterocycles. The van der Waals surface area contributed by atoms with Gasteiger partial charge in [0.25, 0.3) is 5.56 Å². The van der Waals surface area contributed by atoms with Crippen LogP contribution in [0.2, 0.25) is 5.02 Å². The van der Waals surface area contributed by atoms with E-state index in [0.29, 0.717) is 30.8 Å². The van der Waals surface area contributed by atoms with Gasteiger partial charge in [0.05, 0.1) is 25.0 Å². The van der Waals surface area contributed by atoms with Gasteiger partial charge in [-0.1, -0.05) is 11.6 Å². The van der Waals surface area contributed by atoms with Gasteiger partial charge in [0.2, 0.25) is 0 Å². The zero-order chi connectivity index (χ0) is 14.8. The van der Waals surface area contributed by atoms with Crippen LogP contribution in [0, 0.1) is 5.92 Å². The minimum Gasteiger partial charge on any atom is -0.383 e. The Labute approximate surface area is 129 Å². The molecule has 0 saturated carbocycles. The van der Waals surface area contributed by atoms with Gasteiger partial charge in [-0.3, -0.25) is 4.79 Å². The molecular weight excluding hydrogens is 292 g/mol. The molecule has 4 heterocycles. The minimum atomic E-state index is -0.264. The highest BCUT2D eigenvalue weighted by molar-refractivity contribution is 6.32. The van der Waals surface area contributed by atoms with Crippen LogP contribution in [0.3, 0.4) is 0 Å². The van der Waals surface area contributed by atoms with Crippen LogP contribution in [-0.2, 0) is 11.3 Å². The van der Waals surface area contributed by atoms with Gasteiger partial charge in [-0.15, -0.1) is 0 Å². The molecule has 7 heteroatoms. The van der Waals surface area contributed by atoms with E-state index in [2.05, 4.69) is 15.3 Å². The molecule has 1 aromatic rings. The normalized spacial score (nSPS) is 27.8. The lowest BCUT2D eigenvalue weighted by atomic mass is 9.84. The van der Waals surface area contributed by atoms with Crippen LogP contribution in [-0.4, -0.2) is 54.1 Å². The molecule has 3 aliphatic heterocycles. The van der Waals surface area contributed by atoms with Crippen molar-refractivity contribution in [2.24, 2.45) is 5.92 Å². The van der Waals surface area contributed by atoms with Crippen LogP contribution in [0.25, 0.3) is 0 Å². The number of aromatic nitrogens is 2. The number of nitrogens with zero attached hydrogens (tertiary/aromatic N) is 3. The second-order valence-electron chi connectivity index (χ2n) is 5.78. The predicted molar refractivity (Wildman–Crippen MR) is 82.0 cm³/mol. The summed E-state index contributed by atoms with van der Waals surface area (Å²) in [5.74, 6) is 0.669. The molecule has 0 aliphatic carbocycles. The SMILES string of the molecule is COCCn1ncc(NC2CN3CCC2CC3)c(Cl)c1=O. The number of rotatable bonds is 5. The Bertz CT molecular complexity index is 554. The Kier molecular flexibility index (Phi) is 4.47. The quantitative estimate of drug-likeness (QED) is 0.880. The zero-order valence-corrected chi connectivity index (χ0v) is 13.0. The highest BCUT2D eigenvalue weighted by Gasteiger charge is 2.34. The molecular formula is C14H21ClN4O2. The van der Waals surface area contributed by atoms with Crippen molar-refractivity contribution in [2.75, 3.05) is 38.7 Å². The smallest absolute Gasteiger partial charge is 0.287 e. The molecule has 1 N–H and O–H groups in total. The molecule has 0 aromatic carbocycles. The number of hydrogen-bond acceptors (Lipinski definition) is 5. The van der Waals surface area contributed by atoms with E-state index in [-0.39, 0.29) is 10.6 Å². The molecule has 116 valence electrons. The van der Waals surface area contributed by atoms with Gasteiger partial charge in [0.1, 0.15) is 5.02 Å². The first kappa shape index (κ1) is 14.8. The van der Waals surface area contributed by atoms with E-state index in [4.69, 9.17) is 16.3 Å². The number of fused-ring (bicyclic) bond motifs is 3. The summed E-state index contributed by atoms with van der Waals surface area (Å²) in [6.07, 6.45) is 4.08. The molecule has 0 spiro atoms. The highest BCUT2D eigenvalue weighted by Crippen LogP contribution is 2.30. The topological polar surface area (TPSA) is 59.4 Å². The minimum absolute atomic E-state index is 0.220. The molecule has 3 saturated heterocycles. The number of methoxy groups -OCH3 is 1. The van der Waals surface area contributed by atoms with E-state index in [0.717, 1.165) is 6.54 Å². The molecule has 1 unspecified atom stereocenters. The maximum atomic E-state index is 12.2. The molecule has 6 nitrogen and oxygen atoms in total. The molecule has 2 bridgehead atoms. The van der Waals surface area contributed by atoms with E-state index in [1.807, 2.05) is 0 Å². The average molecular weight is 313 g/mol. The molecule has 1 atom stereocenters. The fourth-order valence-electron chi connectivity index (χ4n) is 3.23. The third kappa shape index (κ3) is 3.07. The fraction of sp³-hybridized carbons (Fsp3) is 0.714. The van der Waals surface area contributed by atoms with Gasteiger partial charge in [0, 0.05) is 19.7 Å². The summed E-state index contributed by atoms with van der Waals surface area (Å²) in [5.41, 5.74) is 0.383. The van der Waals surface area contributed by atoms with Crippen LogP contribution < -0.4 is 10.9 Å². The molecule has 3 aliphatic rings. The maximum absolute atomic E-state index is 12.2. The third-order valence-electron chi connectivity index (χ3n) is 4.49. The van der Waals surface area contributed by atoms with E-state index in [1.54, 1.807) is 13.3 Å². The van der Waals surface area contributed by atoms with Crippen molar-refractivity contribution in [3.8, 4) is 0 Å². The second-order valence-corrected chi connectivity index (χ2v) is 6.16. The molecule has 4 rings (SSSR count). The van der Waals surface area contributed by atoms with E-state index in [1.165, 1.54) is 30.6 Å². The molecule has 21 heavy (non-hydrogen) atoms. The second kappa shape index (κ2) is 6.34. The molecule has 0 amide bonds. The molecule has 3 fully saturated rings. The van der Waals surface area contributed by atoms with Gasteiger partial charge in [-0.05, 0) is 31.8 Å². The van der Waals surface area contributed by atoms with Crippen molar-refractivity contribution in [1.29, 1.82) is 0 Å². The van der Waals surface area contributed by atoms with E-state index >= 15 is 0 Å². The summed E-state index contributed by atoms with van der Waals surface area (Å²) >= 11 is 6.21.